The van der Waals surface area contributed by atoms with E-state index in [1.165, 1.54) is 0 Å². The molecule has 0 spiro atoms. The number of amides is 2. The quantitative estimate of drug-likeness (QED) is 0.844. The SMILES string of the molecule is NC(=O)CC1(NC(=O)c2ccccc2Cl)COC1. The van der Waals surface area contributed by atoms with E-state index in [2.05, 4.69) is 5.32 Å². The Morgan fingerprint density at radius 2 is 2.06 bits per heavy atom. The van der Waals surface area contributed by atoms with Crippen molar-refractivity contribution in [1.82, 2.24) is 5.32 Å². The van der Waals surface area contributed by atoms with Gasteiger partial charge in [0.15, 0.2) is 0 Å². The first-order valence-electron chi connectivity index (χ1n) is 5.45. The van der Waals surface area contributed by atoms with E-state index in [4.69, 9.17) is 22.1 Å². The van der Waals surface area contributed by atoms with Gasteiger partial charge in [-0.1, -0.05) is 23.7 Å². The first-order chi connectivity index (χ1) is 8.52. The van der Waals surface area contributed by atoms with Crippen molar-refractivity contribution in [1.29, 1.82) is 0 Å². The van der Waals surface area contributed by atoms with Crippen molar-refractivity contribution in [2.45, 2.75) is 12.0 Å². The Labute approximate surface area is 109 Å². The molecule has 0 atom stereocenters. The van der Waals surface area contributed by atoms with E-state index in [1.54, 1.807) is 24.3 Å². The van der Waals surface area contributed by atoms with Crippen molar-refractivity contribution in [3.63, 3.8) is 0 Å². The number of halogens is 1. The van der Waals surface area contributed by atoms with Gasteiger partial charge >= 0.3 is 0 Å². The van der Waals surface area contributed by atoms with E-state index in [0.29, 0.717) is 10.6 Å². The molecule has 1 aliphatic heterocycles. The summed E-state index contributed by atoms with van der Waals surface area (Å²) in [5.41, 5.74) is 4.84. The van der Waals surface area contributed by atoms with Crippen molar-refractivity contribution >= 4 is 23.4 Å². The average Bonchev–Trinajstić information content (AvgIpc) is 2.25. The standard InChI is InChI=1S/C12H13ClN2O3/c13-9-4-2-1-3-8(9)11(17)15-12(5-10(14)16)6-18-7-12/h1-4H,5-7H2,(H2,14,16)(H,15,17). The van der Waals surface area contributed by atoms with E-state index in [9.17, 15) is 9.59 Å². The molecule has 0 aromatic heterocycles. The lowest BCUT2D eigenvalue weighted by Crippen LogP contribution is -2.63. The van der Waals surface area contributed by atoms with Crippen molar-refractivity contribution in [2.24, 2.45) is 5.73 Å². The van der Waals surface area contributed by atoms with Crippen molar-refractivity contribution in [3.05, 3.63) is 34.9 Å². The summed E-state index contributed by atoms with van der Waals surface area (Å²) in [7, 11) is 0. The molecule has 1 aliphatic rings. The van der Waals surface area contributed by atoms with Gasteiger partial charge in [-0.2, -0.15) is 0 Å². The maximum atomic E-state index is 12.1. The van der Waals surface area contributed by atoms with Crippen LogP contribution in [0.3, 0.4) is 0 Å². The summed E-state index contributed by atoms with van der Waals surface area (Å²) in [5.74, 6) is -0.803. The Bertz CT molecular complexity index is 486. The number of benzene rings is 1. The van der Waals surface area contributed by atoms with Crippen LogP contribution >= 0.6 is 11.6 Å². The van der Waals surface area contributed by atoms with Crippen LogP contribution in [0.1, 0.15) is 16.8 Å². The van der Waals surface area contributed by atoms with Gasteiger partial charge in [0.2, 0.25) is 5.91 Å². The van der Waals surface area contributed by atoms with Gasteiger partial charge in [0.1, 0.15) is 0 Å². The van der Waals surface area contributed by atoms with Crippen molar-refractivity contribution < 1.29 is 14.3 Å². The molecule has 96 valence electrons. The summed E-state index contributed by atoms with van der Waals surface area (Å²) in [6.07, 6.45) is 0.0587. The van der Waals surface area contributed by atoms with Crippen molar-refractivity contribution in [3.8, 4) is 0 Å². The zero-order chi connectivity index (χ0) is 13.2. The monoisotopic (exact) mass is 268 g/mol. The fourth-order valence-electron chi connectivity index (χ4n) is 1.85. The van der Waals surface area contributed by atoms with Crippen LogP contribution < -0.4 is 11.1 Å². The molecule has 1 aromatic carbocycles. The van der Waals surface area contributed by atoms with Gasteiger partial charge in [-0.05, 0) is 12.1 Å². The van der Waals surface area contributed by atoms with Crippen LogP contribution in [0.15, 0.2) is 24.3 Å². The molecule has 1 aromatic rings. The second kappa shape index (κ2) is 4.96. The minimum atomic E-state index is -0.692. The smallest absolute Gasteiger partial charge is 0.253 e. The van der Waals surface area contributed by atoms with Crippen LogP contribution in [0.5, 0.6) is 0 Å². The van der Waals surface area contributed by atoms with E-state index in [0.717, 1.165) is 0 Å². The molecule has 0 aliphatic carbocycles. The maximum absolute atomic E-state index is 12.1. The van der Waals surface area contributed by atoms with E-state index in [-0.39, 0.29) is 25.5 Å². The summed E-state index contributed by atoms with van der Waals surface area (Å²) in [6, 6.07) is 6.72. The average molecular weight is 269 g/mol. The molecule has 0 bridgehead atoms. The molecule has 0 radical (unpaired) electrons. The highest BCUT2D eigenvalue weighted by atomic mass is 35.5. The predicted octanol–water partition coefficient (Wildman–Crippen LogP) is 0.714. The highest BCUT2D eigenvalue weighted by Gasteiger charge is 2.41. The number of carbonyl (C=O) groups is 2. The number of hydrogen-bond acceptors (Lipinski definition) is 3. The third-order valence-electron chi connectivity index (χ3n) is 2.77. The lowest BCUT2D eigenvalue weighted by molar-refractivity contribution is -0.127. The van der Waals surface area contributed by atoms with Gasteiger partial charge < -0.3 is 15.8 Å². The molecule has 0 unspecified atom stereocenters. The van der Waals surface area contributed by atoms with Crippen molar-refractivity contribution in [2.75, 3.05) is 13.2 Å². The summed E-state index contributed by atoms with van der Waals surface area (Å²) in [6.45, 7) is 0.568. The van der Waals surface area contributed by atoms with Crippen LogP contribution in [0.25, 0.3) is 0 Å². The molecule has 1 fully saturated rings. The van der Waals surface area contributed by atoms with Gasteiger partial charge in [0.25, 0.3) is 5.91 Å². The highest BCUT2D eigenvalue weighted by Crippen LogP contribution is 2.23. The molecular formula is C12H13ClN2O3. The molecule has 6 heteroatoms. The number of primary amides is 1. The summed E-state index contributed by atoms with van der Waals surface area (Å²) in [5, 5.41) is 3.13. The number of carbonyl (C=O) groups excluding carboxylic acids is 2. The van der Waals surface area contributed by atoms with E-state index >= 15 is 0 Å². The second-order valence-corrected chi connectivity index (χ2v) is 4.76. The molecule has 18 heavy (non-hydrogen) atoms. The first kappa shape index (κ1) is 12.9. The Hall–Kier alpha value is -1.59. The van der Waals surface area contributed by atoms with Crippen LogP contribution in [-0.4, -0.2) is 30.6 Å². The second-order valence-electron chi connectivity index (χ2n) is 4.35. The maximum Gasteiger partial charge on any atom is 0.253 e. The van der Waals surface area contributed by atoms with Gasteiger partial charge in [-0.15, -0.1) is 0 Å². The summed E-state index contributed by atoms with van der Waals surface area (Å²) < 4.78 is 5.05. The minimum absolute atomic E-state index is 0.0587. The molecule has 0 saturated carbocycles. The number of rotatable bonds is 4. The third kappa shape index (κ3) is 2.63. The lowest BCUT2D eigenvalue weighted by Gasteiger charge is -2.41. The molecule has 1 heterocycles. The van der Waals surface area contributed by atoms with E-state index in [1.807, 2.05) is 0 Å². The van der Waals surface area contributed by atoms with Gasteiger partial charge in [0.05, 0.1) is 35.8 Å². The minimum Gasteiger partial charge on any atom is -0.376 e. The number of hydrogen-bond donors (Lipinski definition) is 2. The number of ether oxygens (including phenoxy) is 1. The highest BCUT2D eigenvalue weighted by molar-refractivity contribution is 6.33. The van der Waals surface area contributed by atoms with Crippen LogP contribution in [0, 0.1) is 0 Å². The molecule has 5 nitrogen and oxygen atoms in total. The summed E-state index contributed by atoms with van der Waals surface area (Å²) in [4.78, 5) is 23.0. The third-order valence-corrected chi connectivity index (χ3v) is 3.10. The fourth-order valence-corrected chi connectivity index (χ4v) is 2.08. The molecular weight excluding hydrogens is 256 g/mol. The fraction of sp³-hybridized carbons (Fsp3) is 0.333. The first-order valence-corrected chi connectivity index (χ1v) is 5.83. The topological polar surface area (TPSA) is 81.4 Å². The Balaban J connectivity index is 2.11. The largest absolute Gasteiger partial charge is 0.376 e. The normalized spacial score (nSPS) is 16.7. The van der Waals surface area contributed by atoms with Crippen LogP contribution in [0.4, 0.5) is 0 Å². The predicted molar refractivity (Wildman–Crippen MR) is 66.3 cm³/mol. The molecule has 2 amide bonds. The lowest BCUT2D eigenvalue weighted by atomic mass is 9.92. The number of nitrogens with two attached hydrogens (primary N) is 1. The molecule has 1 saturated heterocycles. The van der Waals surface area contributed by atoms with Crippen LogP contribution in [-0.2, 0) is 9.53 Å². The molecule has 2 rings (SSSR count). The van der Waals surface area contributed by atoms with Gasteiger partial charge in [-0.25, -0.2) is 0 Å². The van der Waals surface area contributed by atoms with Gasteiger partial charge in [0, 0.05) is 0 Å². The van der Waals surface area contributed by atoms with E-state index < -0.39 is 11.4 Å². The van der Waals surface area contributed by atoms with Crippen LogP contribution in [0.2, 0.25) is 5.02 Å². The Morgan fingerprint density at radius 1 is 1.39 bits per heavy atom. The summed E-state index contributed by atoms with van der Waals surface area (Å²) >= 11 is 5.93. The number of nitrogens with one attached hydrogen (secondary N) is 1. The molecule has 3 N–H and O–H groups in total. The Morgan fingerprint density at radius 3 is 2.56 bits per heavy atom. The zero-order valence-corrected chi connectivity index (χ0v) is 10.4. The zero-order valence-electron chi connectivity index (χ0n) is 9.61. The van der Waals surface area contributed by atoms with Gasteiger partial charge in [-0.3, -0.25) is 9.59 Å². The Kier molecular flexibility index (Phi) is 3.54.